The summed E-state index contributed by atoms with van der Waals surface area (Å²) in [6, 6.07) is 11.6. The summed E-state index contributed by atoms with van der Waals surface area (Å²) in [5.74, 6) is 0.0225. The number of hydrogen-bond acceptors (Lipinski definition) is 3. The van der Waals surface area contributed by atoms with Gasteiger partial charge in [0, 0.05) is 30.9 Å². The summed E-state index contributed by atoms with van der Waals surface area (Å²) in [7, 11) is 4.10. The number of likely N-dealkylation sites (tertiary alicyclic amines) is 1. The molecule has 1 aliphatic rings. The lowest BCUT2D eigenvalue weighted by Crippen LogP contribution is -2.48. The van der Waals surface area contributed by atoms with E-state index in [0.29, 0.717) is 10.6 Å². The third-order valence-electron chi connectivity index (χ3n) is 4.62. The van der Waals surface area contributed by atoms with Crippen LogP contribution in [0, 0.1) is 0 Å². The number of aromatic nitrogens is 1. The van der Waals surface area contributed by atoms with Crippen LogP contribution in [0.5, 0.6) is 0 Å². The monoisotopic (exact) mass is 357 g/mol. The van der Waals surface area contributed by atoms with Crippen molar-refractivity contribution in [3.8, 4) is 11.3 Å². The van der Waals surface area contributed by atoms with E-state index in [1.807, 2.05) is 49.3 Å². The summed E-state index contributed by atoms with van der Waals surface area (Å²) in [6.07, 6.45) is 5.02. The van der Waals surface area contributed by atoms with Gasteiger partial charge in [-0.1, -0.05) is 23.7 Å². The lowest BCUT2D eigenvalue weighted by atomic mass is 9.99. The summed E-state index contributed by atoms with van der Waals surface area (Å²) in [5, 5.41) is 0.499. The van der Waals surface area contributed by atoms with Crippen molar-refractivity contribution in [2.45, 2.75) is 25.3 Å². The minimum absolute atomic E-state index is 0.0225. The molecule has 0 bridgehead atoms. The minimum Gasteiger partial charge on any atom is -0.334 e. The first kappa shape index (κ1) is 17.9. The van der Waals surface area contributed by atoms with Crippen molar-refractivity contribution in [1.82, 2.24) is 14.8 Å². The molecule has 1 fully saturated rings. The van der Waals surface area contributed by atoms with Gasteiger partial charge in [0.2, 0.25) is 0 Å². The summed E-state index contributed by atoms with van der Waals surface area (Å²) in [4.78, 5) is 21.7. The maximum Gasteiger partial charge on any atom is 0.255 e. The maximum atomic E-state index is 13.2. The van der Waals surface area contributed by atoms with Gasteiger partial charge in [0.05, 0.1) is 16.3 Å². The Morgan fingerprint density at radius 3 is 2.84 bits per heavy atom. The van der Waals surface area contributed by atoms with E-state index in [1.54, 1.807) is 12.3 Å². The fourth-order valence-corrected chi connectivity index (χ4v) is 3.61. The minimum atomic E-state index is 0.0225. The van der Waals surface area contributed by atoms with Crippen LogP contribution in [-0.4, -0.2) is 53.9 Å². The van der Waals surface area contributed by atoms with E-state index < -0.39 is 0 Å². The standard InChI is InChI=1S/C20H24ClN3O/c1-23(2)14-16-7-4-6-12-24(16)20(25)17-13-15(9-10-18(17)21)19-8-3-5-11-22-19/h3,5,8-11,13,16H,4,6-7,12,14H2,1-2H3. The summed E-state index contributed by atoms with van der Waals surface area (Å²) in [6.45, 7) is 1.67. The van der Waals surface area contributed by atoms with Gasteiger partial charge in [-0.2, -0.15) is 0 Å². The first-order chi connectivity index (χ1) is 12.1. The highest BCUT2D eigenvalue weighted by Crippen LogP contribution is 2.27. The Kier molecular flexibility index (Phi) is 5.71. The smallest absolute Gasteiger partial charge is 0.255 e. The van der Waals surface area contributed by atoms with Gasteiger partial charge in [-0.15, -0.1) is 0 Å². The van der Waals surface area contributed by atoms with Crippen LogP contribution in [0.3, 0.4) is 0 Å². The highest BCUT2D eigenvalue weighted by Gasteiger charge is 2.29. The topological polar surface area (TPSA) is 36.4 Å². The van der Waals surface area contributed by atoms with E-state index in [4.69, 9.17) is 11.6 Å². The Morgan fingerprint density at radius 1 is 1.28 bits per heavy atom. The molecule has 132 valence electrons. The number of benzene rings is 1. The predicted octanol–water partition coefficient (Wildman–Crippen LogP) is 3.96. The number of carbonyl (C=O) groups excluding carboxylic acids is 1. The Hall–Kier alpha value is -1.91. The van der Waals surface area contributed by atoms with Crippen LogP contribution in [0.2, 0.25) is 5.02 Å². The second kappa shape index (κ2) is 7.98. The molecular weight excluding hydrogens is 334 g/mol. The molecule has 2 heterocycles. The van der Waals surface area contributed by atoms with Crippen LogP contribution in [0.15, 0.2) is 42.6 Å². The number of hydrogen-bond donors (Lipinski definition) is 0. The first-order valence-corrected chi connectivity index (χ1v) is 9.10. The first-order valence-electron chi connectivity index (χ1n) is 8.73. The fraction of sp³-hybridized carbons (Fsp3) is 0.400. The van der Waals surface area contributed by atoms with Crippen molar-refractivity contribution < 1.29 is 4.79 Å². The lowest BCUT2D eigenvalue weighted by Gasteiger charge is -2.37. The highest BCUT2D eigenvalue weighted by molar-refractivity contribution is 6.34. The van der Waals surface area contributed by atoms with E-state index >= 15 is 0 Å². The summed E-state index contributed by atoms with van der Waals surface area (Å²) < 4.78 is 0. The zero-order valence-electron chi connectivity index (χ0n) is 14.8. The molecule has 1 aromatic carbocycles. The Bertz CT molecular complexity index is 733. The predicted molar refractivity (Wildman–Crippen MR) is 102 cm³/mol. The lowest BCUT2D eigenvalue weighted by molar-refractivity contribution is 0.0575. The molecule has 2 aromatic rings. The molecule has 3 rings (SSSR count). The number of likely N-dealkylation sites (N-methyl/N-ethyl adjacent to an activating group) is 1. The van der Waals surface area contributed by atoms with Crippen LogP contribution in [0.4, 0.5) is 0 Å². The number of piperidine rings is 1. The van der Waals surface area contributed by atoms with Crippen molar-refractivity contribution in [1.29, 1.82) is 0 Å². The molecule has 25 heavy (non-hydrogen) atoms. The number of amides is 1. The van der Waals surface area contributed by atoms with Crippen LogP contribution in [0.25, 0.3) is 11.3 Å². The second-order valence-corrected chi connectivity index (χ2v) is 7.23. The number of nitrogens with zero attached hydrogens (tertiary/aromatic N) is 3. The van der Waals surface area contributed by atoms with E-state index in [-0.39, 0.29) is 11.9 Å². The molecule has 0 spiro atoms. The molecule has 0 saturated carbocycles. The van der Waals surface area contributed by atoms with Crippen LogP contribution in [0.1, 0.15) is 29.6 Å². The number of halogens is 1. The highest BCUT2D eigenvalue weighted by atomic mass is 35.5. The van der Waals surface area contributed by atoms with Gasteiger partial charge in [-0.3, -0.25) is 9.78 Å². The van der Waals surface area contributed by atoms with Crippen molar-refractivity contribution in [3.63, 3.8) is 0 Å². The van der Waals surface area contributed by atoms with E-state index in [9.17, 15) is 4.79 Å². The third-order valence-corrected chi connectivity index (χ3v) is 4.95. The van der Waals surface area contributed by atoms with Crippen LogP contribution >= 0.6 is 11.6 Å². The van der Waals surface area contributed by atoms with Crippen molar-refractivity contribution in [2.75, 3.05) is 27.2 Å². The average molecular weight is 358 g/mol. The van der Waals surface area contributed by atoms with E-state index in [2.05, 4.69) is 9.88 Å². The second-order valence-electron chi connectivity index (χ2n) is 6.82. The number of pyridine rings is 1. The average Bonchev–Trinajstić information content (AvgIpc) is 2.62. The molecule has 1 aromatic heterocycles. The summed E-state index contributed by atoms with van der Waals surface area (Å²) >= 11 is 6.37. The normalized spacial score (nSPS) is 17.8. The molecule has 1 saturated heterocycles. The molecule has 0 N–H and O–H groups in total. The zero-order chi connectivity index (χ0) is 17.8. The quantitative estimate of drug-likeness (QED) is 0.831. The van der Waals surface area contributed by atoms with Gasteiger partial charge in [0.15, 0.2) is 0 Å². The van der Waals surface area contributed by atoms with Gasteiger partial charge >= 0.3 is 0 Å². The van der Waals surface area contributed by atoms with Crippen LogP contribution in [-0.2, 0) is 0 Å². The molecule has 4 nitrogen and oxygen atoms in total. The number of rotatable bonds is 4. The van der Waals surface area contributed by atoms with Gasteiger partial charge in [-0.25, -0.2) is 0 Å². The fourth-order valence-electron chi connectivity index (χ4n) is 3.42. The third kappa shape index (κ3) is 4.20. The van der Waals surface area contributed by atoms with Gasteiger partial charge in [0.25, 0.3) is 5.91 Å². The SMILES string of the molecule is CN(C)CC1CCCCN1C(=O)c1cc(-c2ccccn2)ccc1Cl. The van der Waals surface area contributed by atoms with Gasteiger partial charge in [-0.05, 0) is 57.6 Å². The Labute approximate surface area is 154 Å². The Balaban J connectivity index is 1.90. The van der Waals surface area contributed by atoms with Gasteiger partial charge in [0.1, 0.15) is 0 Å². The molecule has 1 atom stereocenters. The summed E-state index contributed by atoms with van der Waals surface area (Å²) in [5.41, 5.74) is 2.32. The van der Waals surface area contributed by atoms with Crippen LogP contribution < -0.4 is 0 Å². The molecular formula is C20H24ClN3O. The van der Waals surface area contributed by atoms with Crippen molar-refractivity contribution >= 4 is 17.5 Å². The zero-order valence-corrected chi connectivity index (χ0v) is 15.5. The molecule has 5 heteroatoms. The molecule has 1 amide bonds. The Morgan fingerprint density at radius 2 is 2.12 bits per heavy atom. The van der Waals surface area contributed by atoms with Crippen molar-refractivity contribution in [2.24, 2.45) is 0 Å². The van der Waals surface area contributed by atoms with E-state index in [1.165, 1.54) is 6.42 Å². The van der Waals surface area contributed by atoms with Gasteiger partial charge < -0.3 is 9.80 Å². The maximum absolute atomic E-state index is 13.2. The number of carbonyl (C=O) groups is 1. The van der Waals surface area contributed by atoms with E-state index in [0.717, 1.165) is 37.2 Å². The molecule has 1 unspecified atom stereocenters. The van der Waals surface area contributed by atoms with Crippen molar-refractivity contribution in [3.05, 3.63) is 53.2 Å². The molecule has 0 radical (unpaired) electrons. The molecule has 1 aliphatic heterocycles. The molecule has 0 aliphatic carbocycles. The largest absolute Gasteiger partial charge is 0.334 e.